The number of nitrogens with one attached hydrogen (secondary N) is 1. The molecule has 118 valence electrons. The van der Waals surface area contributed by atoms with E-state index in [1.54, 1.807) is 12.1 Å². The van der Waals surface area contributed by atoms with Gasteiger partial charge in [0, 0.05) is 0 Å². The third kappa shape index (κ3) is 5.68. The summed E-state index contributed by atoms with van der Waals surface area (Å²) in [6.45, 7) is 2.05. The maximum Gasteiger partial charge on any atom is 0.321 e. The summed E-state index contributed by atoms with van der Waals surface area (Å²) in [5, 5.41) is 9.09. The fourth-order valence-corrected chi connectivity index (χ4v) is 3.54. The van der Waals surface area contributed by atoms with Crippen LogP contribution >= 0.6 is 11.8 Å². The molecule has 0 aliphatic heterocycles. The molecule has 0 radical (unpaired) electrons. The third-order valence-electron chi connectivity index (χ3n) is 2.98. The van der Waals surface area contributed by atoms with Crippen molar-refractivity contribution in [3.8, 4) is 0 Å². The number of carboxylic acid groups (broad SMARTS) is 1. The molecule has 0 aliphatic carbocycles. The van der Waals surface area contributed by atoms with Gasteiger partial charge in [-0.25, -0.2) is 8.42 Å². The summed E-state index contributed by atoms with van der Waals surface area (Å²) in [4.78, 5) is 11.2. The quantitative estimate of drug-likeness (QED) is 0.724. The van der Waals surface area contributed by atoms with Gasteiger partial charge in [-0.15, -0.1) is 0 Å². The van der Waals surface area contributed by atoms with E-state index in [2.05, 4.69) is 11.6 Å². The number of sulfonamides is 1. The van der Waals surface area contributed by atoms with Crippen LogP contribution in [0.1, 0.15) is 25.3 Å². The maximum absolute atomic E-state index is 12.2. The Morgan fingerprint density at radius 2 is 1.95 bits per heavy atom. The Balaban J connectivity index is 2.85. The van der Waals surface area contributed by atoms with Crippen molar-refractivity contribution in [3.05, 3.63) is 29.8 Å². The first-order chi connectivity index (χ1) is 9.90. The van der Waals surface area contributed by atoms with Crippen LogP contribution in [0.2, 0.25) is 0 Å². The van der Waals surface area contributed by atoms with Crippen LogP contribution in [-0.4, -0.2) is 37.5 Å². The molecule has 1 atom stereocenters. The van der Waals surface area contributed by atoms with Crippen molar-refractivity contribution < 1.29 is 18.3 Å². The molecule has 7 heteroatoms. The fraction of sp³-hybridized carbons (Fsp3) is 0.500. The van der Waals surface area contributed by atoms with Gasteiger partial charge in [0.05, 0.1) is 4.90 Å². The van der Waals surface area contributed by atoms with E-state index in [-0.39, 0.29) is 11.3 Å². The monoisotopic (exact) mass is 331 g/mol. The molecule has 0 spiro atoms. The van der Waals surface area contributed by atoms with E-state index in [1.165, 1.54) is 23.9 Å². The molecule has 0 bridgehead atoms. The topological polar surface area (TPSA) is 83.5 Å². The molecular formula is C14H21NO4S2. The van der Waals surface area contributed by atoms with Gasteiger partial charge in [0.2, 0.25) is 10.0 Å². The molecule has 0 aromatic heterocycles. The third-order valence-corrected chi connectivity index (χ3v) is 5.11. The lowest BCUT2D eigenvalue weighted by atomic mass is 10.1. The normalized spacial score (nSPS) is 13.0. The van der Waals surface area contributed by atoms with Crippen molar-refractivity contribution in [1.29, 1.82) is 0 Å². The molecular weight excluding hydrogens is 310 g/mol. The molecule has 1 aromatic rings. The second-order valence-corrected chi connectivity index (χ2v) is 7.39. The lowest BCUT2D eigenvalue weighted by molar-refractivity contribution is -0.139. The van der Waals surface area contributed by atoms with Gasteiger partial charge in [-0.1, -0.05) is 25.5 Å². The predicted molar refractivity (Wildman–Crippen MR) is 85.2 cm³/mol. The average Bonchev–Trinajstić information content (AvgIpc) is 2.44. The van der Waals surface area contributed by atoms with E-state index in [0.717, 1.165) is 18.4 Å². The highest BCUT2D eigenvalue weighted by Gasteiger charge is 2.24. The first kappa shape index (κ1) is 18.0. The summed E-state index contributed by atoms with van der Waals surface area (Å²) in [6.07, 6.45) is 3.98. The van der Waals surface area contributed by atoms with Crippen molar-refractivity contribution in [1.82, 2.24) is 4.72 Å². The number of aliphatic carboxylic acids is 1. The molecule has 2 N–H and O–H groups in total. The summed E-state index contributed by atoms with van der Waals surface area (Å²) in [5.41, 5.74) is 1.06. The van der Waals surface area contributed by atoms with Crippen molar-refractivity contribution in [2.75, 3.05) is 12.0 Å². The van der Waals surface area contributed by atoms with Crippen LogP contribution in [0.5, 0.6) is 0 Å². The molecule has 0 saturated carbocycles. The zero-order valence-corrected chi connectivity index (χ0v) is 13.8. The van der Waals surface area contributed by atoms with Gasteiger partial charge >= 0.3 is 5.97 Å². The van der Waals surface area contributed by atoms with E-state index >= 15 is 0 Å². The van der Waals surface area contributed by atoms with E-state index < -0.39 is 22.0 Å². The van der Waals surface area contributed by atoms with Gasteiger partial charge in [-0.3, -0.25) is 4.79 Å². The number of rotatable bonds is 9. The SMILES string of the molecule is CCCc1ccc(S(=O)(=O)N[C@@H](CCSC)C(=O)O)cc1. The van der Waals surface area contributed by atoms with Crippen LogP contribution in [0, 0.1) is 0 Å². The minimum Gasteiger partial charge on any atom is -0.480 e. The standard InChI is InChI=1S/C14H21NO4S2/c1-3-4-11-5-7-12(8-6-11)21(18,19)15-13(14(16)17)9-10-20-2/h5-8,13,15H,3-4,9-10H2,1-2H3,(H,16,17)/t13-/m0/s1. The number of benzene rings is 1. The van der Waals surface area contributed by atoms with Crippen LogP contribution in [-0.2, 0) is 21.2 Å². The Morgan fingerprint density at radius 3 is 2.43 bits per heavy atom. The number of hydrogen-bond acceptors (Lipinski definition) is 4. The number of thioether (sulfide) groups is 1. The molecule has 0 fully saturated rings. The zero-order chi connectivity index (χ0) is 15.9. The Kier molecular flexibility index (Phi) is 7.21. The van der Waals surface area contributed by atoms with E-state index in [0.29, 0.717) is 5.75 Å². The van der Waals surface area contributed by atoms with E-state index in [4.69, 9.17) is 5.11 Å². The molecule has 0 saturated heterocycles. The van der Waals surface area contributed by atoms with E-state index in [9.17, 15) is 13.2 Å². The number of hydrogen-bond donors (Lipinski definition) is 2. The Hall–Kier alpha value is -1.05. The average molecular weight is 331 g/mol. The second-order valence-electron chi connectivity index (χ2n) is 4.69. The summed E-state index contributed by atoms with van der Waals surface area (Å²) >= 11 is 1.48. The zero-order valence-electron chi connectivity index (χ0n) is 12.2. The van der Waals surface area contributed by atoms with Crippen LogP contribution < -0.4 is 4.72 Å². The van der Waals surface area contributed by atoms with Gasteiger partial charge < -0.3 is 5.11 Å². The van der Waals surface area contributed by atoms with Crippen molar-refractivity contribution in [2.45, 2.75) is 37.1 Å². The number of aryl methyl sites for hydroxylation is 1. The number of carboxylic acids is 1. The molecule has 0 heterocycles. The second kappa shape index (κ2) is 8.41. The lowest BCUT2D eigenvalue weighted by Gasteiger charge is -2.14. The molecule has 0 aliphatic rings. The van der Waals surface area contributed by atoms with Crippen LogP contribution in [0.15, 0.2) is 29.2 Å². The number of carbonyl (C=O) groups is 1. The van der Waals surface area contributed by atoms with Crippen molar-refractivity contribution >= 4 is 27.8 Å². The highest BCUT2D eigenvalue weighted by molar-refractivity contribution is 7.98. The Labute approximate surface area is 130 Å². The highest BCUT2D eigenvalue weighted by Crippen LogP contribution is 2.13. The van der Waals surface area contributed by atoms with Gasteiger partial charge in [-0.2, -0.15) is 16.5 Å². The van der Waals surface area contributed by atoms with Gasteiger partial charge in [0.15, 0.2) is 0 Å². The van der Waals surface area contributed by atoms with Gasteiger partial charge in [0.25, 0.3) is 0 Å². The first-order valence-corrected chi connectivity index (χ1v) is 9.61. The lowest BCUT2D eigenvalue weighted by Crippen LogP contribution is -2.41. The summed E-state index contributed by atoms with van der Waals surface area (Å²) in [6, 6.07) is 5.45. The van der Waals surface area contributed by atoms with Gasteiger partial charge in [-0.05, 0) is 42.5 Å². The van der Waals surface area contributed by atoms with Crippen molar-refractivity contribution in [2.24, 2.45) is 0 Å². The largest absolute Gasteiger partial charge is 0.480 e. The molecule has 0 unspecified atom stereocenters. The Morgan fingerprint density at radius 1 is 1.33 bits per heavy atom. The summed E-state index contributed by atoms with van der Waals surface area (Å²) < 4.78 is 26.7. The molecule has 21 heavy (non-hydrogen) atoms. The fourth-order valence-electron chi connectivity index (χ4n) is 1.85. The van der Waals surface area contributed by atoms with Crippen LogP contribution in [0.25, 0.3) is 0 Å². The van der Waals surface area contributed by atoms with Crippen LogP contribution in [0.4, 0.5) is 0 Å². The van der Waals surface area contributed by atoms with Crippen molar-refractivity contribution in [3.63, 3.8) is 0 Å². The van der Waals surface area contributed by atoms with Crippen LogP contribution in [0.3, 0.4) is 0 Å². The summed E-state index contributed by atoms with van der Waals surface area (Å²) in [7, 11) is -3.81. The minimum atomic E-state index is -3.81. The first-order valence-electron chi connectivity index (χ1n) is 6.73. The molecule has 1 aromatic carbocycles. The van der Waals surface area contributed by atoms with E-state index in [1.807, 2.05) is 6.26 Å². The predicted octanol–water partition coefficient (Wildman–Crippen LogP) is 2.12. The molecule has 0 amide bonds. The summed E-state index contributed by atoms with van der Waals surface area (Å²) in [5.74, 6) is -0.579. The van der Waals surface area contributed by atoms with Gasteiger partial charge in [0.1, 0.15) is 6.04 Å². The highest BCUT2D eigenvalue weighted by atomic mass is 32.2. The Bertz CT molecular complexity index is 555. The maximum atomic E-state index is 12.2. The smallest absolute Gasteiger partial charge is 0.321 e. The molecule has 1 rings (SSSR count). The minimum absolute atomic E-state index is 0.0951. The molecule has 5 nitrogen and oxygen atoms in total.